The van der Waals surface area contributed by atoms with Gasteiger partial charge >= 0.3 is 0 Å². The second-order valence-electron chi connectivity index (χ2n) is 28.8. The van der Waals surface area contributed by atoms with Crippen LogP contribution in [0.1, 0.15) is 109 Å². The number of nitrogens with zero attached hydrogens (tertiary/aromatic N) is 3. The molecule has 0 spiro atoms. The molecule has 490 valence electrons. The second-order valence-corrected chi connectivity index (χ2v) is 28.8. The first-order chi connectivity index (χ1) is 49.0. The molecule has 0 aromatic heterocycles. The van der Waals surface area contributed by atoms with Crippen molar-refractivity contribution in [3.63, 3.8) is 0 Å². The van der Waals surface area contributed by atoms with Crippen molar-refractivity contribution in [1.29, 1.82) is 0 Å². The number of rotatable bonds is 16. The van der Waals surface area contributed by atoms with Gasteiger partial charge in [-0.1, -0.05) is 248 Å². The maximum absolute atomic E-state index is 5.41. The van der Waals surface area contributed by atoms with Gasteiger partial charge in [0.05, 0.1) is 5.41 Å². The summed E-state index contributed by atoms with van der Waals surface area (Å²) in [6, 6.07) is 116. The topological polar surface area (TPSA) is 9.72 Å². The van der Waals surface area contributed by atoms with Crippen LogP contribution in [-0.4, -0.2) is 0 Å². The number of anilines is 9. The van der Waals surface area contributed by atoms with E-state index in [0.717, 1.165) is 73.5 Å². The number of allylic oxidation sites excluding steroid dienone is 2. The molecule has 101 heavy (non-hydrogen) atoms. The Labute approximate surface area is 597 Å². The Bertz CT molecular complexity index is 5130. The highest BCUT2D eigenvalue weighted by atomic mass is 15.2. The smallest absolute Gasteiger partial charge is 0.0714 e. The fourth-order valence-electron chi connectivity index (χ4n) is 16.2. The third-order valence-electron chi connectivity index (χ3n) is 21.7. The molecule has 0 amide bonds. The molecule has 2 atom stereocenters. The zero-order chi connectivity index (χ0) is 69.4. The minimum Gasteiger partial charge on any atom is -0.311 e. The maximum Gasteiger partial charge on any atom is 0.0714 e. The Morgan fingerprint density at radius 3 is 0.980 bits per heavy atom. The van der Waals surface area contributed by atoms with Crippen LogP contribution in [0, 0.1) is 48.5 Å². The predicted molar refractivity (Wildman–Crippen MR) is 430 cm³/mol. The lowest BCUT2D eigenvalue weighted by atomic mass is 9.63. The van der Waals surface area contributed by atoms with Gasteiger partial charge in [0.25, 0.3) is 0 Å². The fourth-order valence-corrected chi connectivity index (χ4v) is 16.2. The summed E-state index contributed by atoms with van der Waals surface area (Å²) >= 11 is 0. The zero-order valence-electron chi connectivity index (χ0n) is 59.3. The van der Waals surface area contributed by atoms with E-state index in [-0.39, 0.29) is 11.3 Å². The van der Waals surface area contributed by atoms with Crippen LogP contribution in [0.5, 0.6) is 0 Å². The highest BCUT2D eigenvalue weighted by Gasteiger charge is 2.51. The van der Waals surface area contributed by atoms with E-state index < -0.39 is 5.41 Å². The van der Waals surface area contributed by atoms with Crippen LogP contribution in [0.25, 0.3) is 44.2 Å². The minimum absolute atomic E-state index is 0.0565. The van der Waals surface area contributed by atoms with E-state index in [2.05, 4.69) is 386 Å². The van der Waals surface area contributed by atoms with E-state index in [9.17, 15) is 0 Å². The van der Waals surface area contributed by atoms with Gasteiger partial charge in [-0.2, -0.15) is 0 Å². The highest BCUT2D eigenvalue weighted by Crippen LogP contribution is 2.65. The van der Waals surface area contributed by atoms with Crippen molar-refractivity contribution in [2.24, 2.45) is 0 Å². The van der Waals surface area contributed by atoms with E-state index in [1.165, 1.54) is 111 Å². The standard InChI is InChI=1S/C98H83N3/c1-63-20-32-74(33-21-63)95(76-40-54-83(55-41-76)99(77-42-22-64(2)23-43-77)78-44-24-65(3)25-45-78)75-36-34-72(35-37-75)70(8)98(93-61-89-87-17-14-15-19-91(87)97(10,11)92(89)62-90(93)96-88-18-13-12-16-86(88)69(7)60-94(96)98)71(9)73-38-52-82(53-39-73)101(81-50-30-68(6)31-51-81)85-58-56-84(57-59-85)100(79-46-26-66(4)27-47-79)80-48-28-67(5)29-49-80/h12-62,95H,8-9H2,1-7,10-11H3. The van der Waals surface area contributed by atoms with E-state index in [1.54, 1.807) is 0 Å². The lowest BCUT2D eigenvalue weighted by Crippen LogP contribution is -2.29. The molecule has 0 heterocycles. The summed E-state index contributed by atoms with van der Waals surface area (Å²) < 4.78 is 0. The average Bonchev–Trinajstić information content (AvgIpc) is 1.52. The molecule has 0 saturated heterocycles. The molecule has 14 aromatic rings. The Hall–Kier alpha value is -11.8. The summed E-state index contributed by atoms with van der Waals surface area (Å²) in [4.78, 5) is 7.06. The average molecular weight is 1300 g/mol. The molecule has 2 aliphatic rings. The molecule has 3 nitrogen and oxygen atoms in total. The lowest BCUT2D eigenvalue weighted by Gasteiger charge is -2.38. The molecule has 14 aromatic carbocycles. The van der Waals surface area contributed by atoms with Crippen LogP contribution in [0.3, 0.4) is 0 Å². The molecule has 16 rings (SSSR count). The van der Waals surface area contributed by atoms with Crippen molar-refractivity contribution in [3.05, 3.63) is 412 Å². The first-order valence-corrected chi connectivity index (χ1v) is 35.4. The van der Waals surface area contributed by atoms with E-state index >= 15 is 0 Å². The lowest BCUT2D eigenvalue weighted by molar-refractivity contribution is 0.660. The van der Waals surface area contributed by atoms with Crippen molar-refractivity contribution in [1.82, 2.24) is 0 Å². The molecule has 0 N–H and O–H groups in total. The first-order valence-electron chi connectivity index (χ1n) is 35.4. The van der Waals surface area contributed by atoms with Gasteiger partial charge in [0.2, 0.25) is 0 Å². The van der Waals surface area contributed by atoms with Crippen LogP contribution >= 0.6 is 0 Å². The van der Waals surface area contributed by atoms with Crippen LogP contribution in [0.2, 0.25) is 0 Å². The summed E-state index contributed by atoms with van der Waals surface area (Å²) in [6.45, 7) is 30.8. The zero-order valence-corrected chi connectivity index (χ0v) is 59.3. The van der Waals surface area contributed by atoms with Crippen molar-refractivity contribution in [2.45, 2.75) is 79.1 Å². The van der Waals surface area contributed by atoms with Crippen molar-refractivity contribution in [2.75, 3.05) is 14.7 Å². The Kier molecular flexibility index (Phi) is 16.1. The Morgan fingerprint density at radius 1 is 0.277 bits per heavy atom. The monoisotopic (exact) mass is 1300 g/mol. The second kappa shape index (κ2) is 25.5. The van der Waals surface area contributed by atoms with Crippen LogP contribution in [0.4, 0.5) is 51.2 Å². The molecule has 0 aliphatic heterocycles. The SMILES string of the molecule is C=C(c1ccc(C(c2ccc(C)cc2)c2ccc(N(c3ccc(C)cc3)c3ccc(C)cc3)cc2)cc1)C1(C(=C)c2ccc(N(c3ccc(C)cc3)c3ccc(N(c4ccc(C)cc4)c4ccc(C)cc4)cc3)cc2)c2cc3c(cc2-c2c1cc(C)c1ccccc21)C(C)(C)c1ccccc1-3. The largest absolute Gasteiger partial charge is 0.311 e. The number of benzene rings is 14. The predicted octanol–water partition coefficient (Wildman–Crippen LogP) is 26.6. The summed E-state index contributed by atoms with van der Waals surface area (Å²) in [7, 11) is 0. The highest BCUT2D eigenvalue weighted by molar-refractivity contribution is 6.12. The van der Waals surface area contributed by atoms with Crippen LogP contribution in [0.15, 0.2) is 323 Å². The van der Waals surface area contributed by atoms with Crippen molar-refractivity contribution >= 4 is 73.1 Å². The molecular weight excluding hydrogens is 1220 g/mol. The molecule has 0 saturated carbocycles. The number of hydrogen-bond donors (Lipinski definition) is 0. The Morgan fingerprint density at radius 2 is 0.574 bits per heavy atom. The van der Waals surface area contributed by atoms with Crippen molar-refractivity contribution in [3.8, 4) is 22.3 Å². The summed E-state index contributed by atoms with van der Waals surface area (Å²) in [5.41, 5.74) is 35.0. The van der Waals surface area contributed by atoms with Gasteiger partial charge in [-0.15, -0.1) is 0 Å². The van der Waals surface area contributed by atoms with Gasteiger partial charge in [-0.05, 0) is 270 Å². The van der Waals surface area contributed by atoms with Gasteiger partial charge in [0, 0.05) is 62.5 Å². The number of hydrogen-bond acceptors (Lipinski definition) is 3. The van der Waals surface area contributed by atoms with Gasteiger partial charge in [0.1, 0.15) is 0 Å². The number of fused-ring (bicyclic) bond motifs is 8. The number of aryl methyl sites for hydroxylation is 7. The summed E-state index contributed by atoms with van der Waals surface area (Å²) in [5, 5.41) is 2.48. The normalized spacial score (nSPS) is 14.1. The van der Waals surface area contributed by atoms with Gasteiger partial charge in [-0.3, -0.25) is 0 Å². The molecule has 3 heteroatoms. The van der Waals surface area contributed by atoms with E-state index in [4.69, 9.17) is 13.2 Å². The van der Waals surface area contributed by atoms with Crippen molar-refractivity contribution < 1.29 is 0 Å². The minimum atomic E-state index is -0.931. The molecule has 2 unspecified atom stereocenters. The van der Waals surface area contributed by atoms with Gasteiger partial charge in [-0.25, -0.2) is 0 Å². The maximum atomic E-state index is 5.41. The van der Waals surface area contributed by atoms with Gasteiger partial charge in [0.15, 0.2) is 0 Å². The first kappa shape index (κ1) is 63.9. The quantitative estimate of drug-likeness (QED) is 0.0893. The third-order valence-corrected chi connectivity index (χ3v) is 21.7. The molecule has 0 bridgehead atoms. The molecule has 2 aliphatic carbocycles. The van der Waals surface area contributed by atoms with Gasteiger partial charge < -0.3 is 14.7 Å². The van der Waals surface area contributed by atoms with Crippen LogP contribution < -0.4 is 14.7 Å². The van der Waals surface area contributed by atoms with E-state index in [1.807, 2.05) is 0 Å². The summed E-state index contributed by atoms with van der Waals surface area (Å²) in [6.07, 6.45) is 0. The third kappa shape index (κ3) is 11.2. The molecular formula is C98H83N3. The Balaban J connectivity index is 0.837. The van der Waals surface area contributed by atoms with E-state index in [0.29, 0.717) is 0 Å². The van der Waals surface area contributed by atoms with Crippen LogP contribution in [-0.2, 0) is 10.8 Å². The molecule has 0 fully saturated rings. The molecule has 0 radical (unpaired) electrons. The summed E-state index contributed by atoms with van der Waals surface area (Å²) in [5.74, 6) is -0.0565. The fraction of sp³-hybridized carbons (Fsp3) is 0.122.